The highest BCUT2D eigenvalue weighted by atomic mass is 16.3. The molecule has 0 aliphatic carbocycles. The first-order valence-corrected chi connectivity index (χ1v) is 4.27. The van der Waals surface area contributed by atoms with Gasteiger partial charge >= 0.3 is 0 Å². The average Bonchev–Trinajstić information content (AvgIpc) is 2.15. The monoisotopic (exact) mass is 178 g/mol. The predicted octanol–water partition coefficient (Wildman–Crippen LogP) is 1.58. The third-order valence-electron chi connectivity index (χ3n) is 1.93. The van der Waals surface area contributed by atoms with Crippen LogP contribution in [-0.4, -0.2) is 16.8 Å². The number of benzene rings is 1. The lowest BCUT2D eigenvalue weighted by atomic mass is 10.0. The van der Waals surface area contributed by atoms with Crippen molar-refractivity contribution < 1.29 is 10.2 Å². The number of rotatable bonds is 3. The fourth-order valence-corrected chi connectivity index (χ4v) is 1.21. The topological polar surface area (TPSA) is 40.5 Å². The van der Waals surface area contributed by atoms with Crippen molar-refractivity contribution in [1.29, 1.82) is 0 Å². The van der Waals surface area contributed by atoms with Crippen LogP contribution in [0.25, 0.3) is 0 Å². The van der Waals surface area contributed by atoms with Gasteiger partial charge < -0.3 is 10.2 Å². The summed E-state index contributed by atoms with van der Waals surface area (Å²) in [6.45, 7) is 1.91. The molecule has 0 saturated carbocycles. The van der Waals surface area contributed by atoms with Gasteiger partial charge in [0.25, 0.3) is 0 Å². The maximum Gasteiger partial charge on any atom is 0.0975 e. The fraction of sp³-hybridized carbons (Fsp3) is 0.273. The maximum absolute atomic E-state index is 9.63. The van der Waals surface area contributed by atoms with E-state index in [1.807, 2.05) is 31.2 Å². The van der Waals surface area contributed by atoms with Crippen molar-refractivity contribution in [3.8, 4) is 0 Å². The molecule has 2 N–H and O–H groups in total. The van der Waals surface area contributed by atoms with Gasteiger partial charge in [0.1, 0.15) is 0 Å². The van der Waals surface area contributed by atoms with Crippen molar-refractivity contribution in [2.45, 2.75) is 13.0 Å². The summed E-state index contributed by atoms with van der Waals surface area (Å²) in [7, 11) is 0. The van der Waals surface area contributed by atoms with Gasteiger partial charge in [-0.1, -0.05) is 36.4 Å². The molecule has 0 spiro atoms. The van der Waals surface area contributed by atoms with E-state index >= 15 is 0 Å². The fourth-order valence-electron chi connectivity index (χ4n) is 1.21. The van der Waals surface area contributed by atoms with Gasteiger partial charge in [-0.3, -0.25) is 0 Å². The Bertz CT molecular complexity index is 292. The molecule has 0 radical (unpaired) electrons. The number of aliphatic hydroxyl groups is 2. The molecule has 2 heteroatoms. The molecular weight excluding hydrogens is 164 g/mol. The van der Waals surface area contributed by atoms with Crippen LogP contribution < -0.4 is 0 Å². The molecule has 0 fully saturated rings. The largest absolute Gasteiger partial charge is 0.392 e. The quantitative estimate of drug-likeness (QED) is 0.690. The van der Waals surface area contributed by atoms with E-state index in [4.69, 9.17) is 5.11 Å². The molecule has 2 nitrogen and oxygen atoms in total. The number of hydrogen-bond acceptors (Lipinski definition) is 2. The third-order valence-corrected chi connectivity index (χ3v) is 1.93. The maximum atomic E-state index is 9.63. The zero-order chi connectivity index (χ0) is 9.68. The standard InChI is InChI=1S/C11H14O2/c1-9-5-2-3-6-10(9)11(13)7-4-8-12/h2-7,11-13H,8H2,1H3/b7-4+/t11-/m0/s1. The molecule has 1 rings (SSSR count). The molecule has 0 aromatic heterocycles. The Labute approximate surface area is 78.2 Å². The Kier molecular flexibility index (Phi) is 3.68. The van der Waals surface area contributed by atoms with Gasteiger partial charge in [-0.2, -0.15) is 0 Å². The lowest BCUT2D eigenvalue weighted by Crippen LogP contribution is -1.96. The molecule has 1 aromatic carbocycles. The molecule has 0 amide bonds. The van der Waals surface area contributed by atoms with Crippen molar-refractivity contribution in [3.63, 3.8) is 0 Å². The Morgan fingerprint density at radius 1 is 1.38 bits per heavy atom. The van der Waals surface area contributed by atoms with E-state index in [1.165, 1.54) is 6.08 Å². The minimum Gasteiger partial charge on any atom is -0.392 e. The van der Waals surface area contributed by atoms with Crippen LogP contribution in [0.5, 0.6) is 0 Å². The highest BCUT2D eigenvalue weighted by molar-refractivity contribution is 5.29. The molecule has 0 bridgehead atoms. The van der Waals surface area contributed by atoms with Crippen molar-refractivity contribution in [2.75, 3.05) is 6.61 Å². The van der Waals surface area contributed by atoms with Gasteiger partial charge in [0.2, 0.25) is 0 Å². The first-order valence-electron chi connectivity index (χ1n) is 4.27. The van der Waals surface area contributed by atoms with E-state index in [9.17, 15) is 5.11 Å². The van der Waals surface area contributed by atoms with Crippen LogP contribution in [0.2, 0.25) is 0 Å². The second-order valence-electron chi connectivity index (χ2n) is 2.91. The number of hydrogen-bond donors (Lipinski definition) is 2. The average molecular weight is 178 g/mol. The molecule has 13 heavy (non-hydrogen) atoms. The van der Waals surface area contributed by atoms with Gasteiger partial charge in [0.15, 0.2) is 0 Å². The zero-order valence-corrected chi connectivity index (χ0v) is 7.64. The summed E-state index contributed by atoms with van der Waals surface area (Å²) in [6.07, 6.45) is 2.51. The highest BCUT2D eigenvalue weighted by Crippen LogP contribution is 2.17. The Morgan fingerprint density at radius 2 is 2.08 bits per heavy atom. The van der Waals surface area contributed by atoms with Crippen LogP contribution >= 0.6 is 0 Å². The molecule has 0 unspecified atom stereocenters. The van der Waals surface area contributed by atoms with E-state index in [2.05, 4.69) is 0 Å². The van der Waals surface area contributed by atoms with Crippen LogP contribution in [0, 0.1) is 6.92 Å². The van der Waals surface area contributed by atoms with Gasteiger partial charge in [-0.05, 0) is 18.1 Å². The summed E-state index contributed by atoms with van der Waals surface area (Å²) in [5.41, 5.74) is 1.93. The lowest BCUT2D eigenvalue weighted by Gasteiger charge is -2.08. The molecule has 1 atom stereocenters. The summed E-state index contributed by atoms with van der Waals surface area (Å²) >= 11 is 0. The van der Waals surface area contributed by atoms with E-state index < -0.39 is 6.10 Å². The Balaban J connectivity index is 2.82. The second-order valence-corrected chi connectivity index (χ2v) is 2.91. The highest BCUT2D eigenvalue weighted by Gasteiger charge is 2.04. The first kappa shape index (κ1) is 9.96. The van der Waals surface area contributed by atoms with E-state index in [1.54, 1.807) is 6.08 Å². The number of aryl methyl sites for hydroxylation is 1. The summed E-state index contributed by atoms with van der Waals surface area (Å²) in [5, 5.41) is 18.2. The Hall–Kier alpha value is -1.12. The third kappa shape index (κ3) is 2.68. The van der Waals surface area contributed by atoms with Gasteiger partial charge in [0.05, 0.1) is 12.7 Å². The van der Waals surface area contributed by atoms with Crippen LogP contribution in [0.3, 0.4) is 0 Å². The SMILES string of the molecule is Cc1ccccc1[C@@H](O)/C=C/CO. The lowest BCUT2D eigenvalue weighted by molar-refractivity contribution is 0.226. The molecule has 0 aliphatic rings. The summed E-state index contributed by atoms with van der Waals surface area (Å²) in [5.74, 6) is 0. The smallest absolute Gasteiger partial charge is 0.0975 e. The van der Waals surface area contributed by atoms with E-state index in [-0.39, 0.29) is 6.61 Å². The van der Waals surface area contributed by atoms with Gasteiger partial charge in [-0.25, -0.2) is 0 Å². The summed E-state index contributed by atoms with van der Waals surface area (Å²) in [6, 6.07) is 7.65. The second kappa shape index (κ2) is 4.80. The van der Waals surface area contributed by atoms with Crippen molar-refractivity contribution in [1.82, 2.24) is 0 Å². The predicted molar refractivity (Wildman–Crippen MR) is 52.4 cm³/mol. The van der Waals surface area contributed by atoms with Crippen LogP contribution in [0.4, 0.5) is 0 Å². The molecule has 0 saturated heterocycles. The molecule has 70 valence electrons. The van der Waals surface area contributed by atoms with Gasteiger partial charge in [0, 0.05) is 0 Å². The first-order chi connectivity index (χ1) is 6.25. The normalized spacial score (nSPS) is 13.5. The van der Waals surface area contributed by atoms with Crippen LogP contribution in [0.1, 0.15) is 17.2 Å². The van der Waals surface area contributed by atoms with Crippen LogP contribution in [0.15, 0.2) is 36.4 Å². The van der Waals surface area contributed by atoms with Crippen LogP contribution in [-0.2, 0) is 0 Å². The molecule has 0 aliphatic heterocycles. The van der Waals surface area contributed by atoms with E-state index in [0.717, 1.165) is 11.1 Å². The molecule has 0 heterocycles. The van der Waals surface area contributed by atoms with Crippen molar-refractivity contribution in [3.05, 3.63) is 47.5 Å². The minimum absolute atomic E-state index is 0.0387. The molecule has 1 aromatic rings. The number of aliphatic hydroxyl groups excluding tert-OH is 2. The van der Waals surface area contributed by atoms with Gasteiger partial charge in [-0.15, -0.1) is 0 Å². The zero-order valence-electron chi connectivity index (χ0n) is 7.64. The summed E-state index contributed by atoms with van der Waals surface area (Å²) in [4.78, 5) is 0. The summed E-state index contributed by atoms with van der Waals surface area (Å²) < 4.78 is 0. The van der Waals surface area contributed by atoms with Crippen molar-refractivity contribution in [2.24, 2.45) is 0 Å². The molecular formula is C11H14O2. The minimum atomic E-state index is -0.617. The van der Waals surface area contributed by atoms with Crippen molar-refractivity contribution >= 4 is 0 Å². The Morgan fingerprint density at radius 3 is 2.69 bits per heavy atom. The van der Waals surface area contributed by atoms with E-state index in [0.29, 0.717) is 0 Å².